The number of methoxy groups -OCH3 is 1. The van der Waals surface area contributed by atoms with E-state index in [0.717, 1.165) is 12.3 Å². The Balaban J connectivity index is 1.94. The van der Waals surface area contributed by atoms with Crippen LogP contribution >= 0.6 is 0 Å². The molecule has 2 N–H and O–H groups in total. The number of carbonyl (C=O) groups is 1. The predicted molar refractivity (Wildman–Crippen MR) is 90.2 cm³/mol. The number of para-hydroxylation sites is 2. The SMILES string of the molecule is COc1ccccc1NC(=O)[C@H](C)N[C@@H]1CCC[C@@H](C)[C@H]1C. The number of nitrogens with one attached hydrogen (secondary N) is 2. The Labute approximate surface area is 133 Å². The number of anilines is 1. The minimum atomic E-state index is -0.220. The summed E-state index contributed by atoms with van der Waals surface area (Å²) in [5.41, 5.74) is 0.716. The summed E-state index contributed by atoms with van der Waals surface area (Å²) in [6.45, 7) is 6.52. The van der Waals surface area contributed by atoms with Crippen molar-refractivity contribution in [3.8, 4) is 5.75 Å². The molecule has 0 bridgehead atoms. The van der Waals surface area contributed by atoms with Gasteiger partial charge in [-0.2, -0.15) is 0 Å². The average Bonchev–Trinajstić information content (AvgIpc) is 2.52. The van der Waals surface area contributed by atoms with Gasteiger partial charge < -0.3 is 15.4 Å². The van der Waals surface area contributed by atoms with Gasteiger partial charge in [-0.05, 0) is 37.3 Å². The molecular weight excluding hydrogens is 276 g/mol. The van der Waals surface area contributed by atoms with Crippen molar-refractivity contribution in [2.45, 2.75) is 52.1 Å². The molecule has 4 atom stereocenters. The van der Waals surface area contributed by atoms with E-state index >= 15 is 0 Å². The molecule has 0 aromatic heterocycles. The summed E-state index contributed by atoms with van der Waals surface area (Å²) in [4.78, 5) is 12.4. The van der Waals surface area contributed by atoms with E-state index in [2.05, 4.69) is 24.5 Å². The number of amides is 1. The third-order valence-corrected chi connectivity index (χ3v) is 4.93. The maximum atomic E-state index is 12.4. The molecule has 1 saturated carbocycles. The largest absolute Gasteiger partial charge is 0.495 e. The van der Waals surface area contributed by atoms with Crippen molar-refractivity contribution in [2.75, 3.05) is 12.4 Å². The molecule has 4 heteroatoms. The molecular formula is C18H28N2O2. The lowest BCUT2D eigenvalue weighted by atomic mass is 9.78. The number of carbonyl (C=O) groups excluding carboxylic acids is 1. The quantitative estimate of drug-likeness (QED) is 0.876. The van der Waals surface area contributed by atoms with E-state index in [4.69, 9.17) is 4.74 Å². The van der Waals surface area contributed by atoms with Crippen LogP contribution in [0.25, 0.3) is 0 Å². The Hall–Kier alpha value is -1.55. The van der Waals surface area contributed by atoms with E-state index in [9.17, 15) is 4.79 Å². The van der Waals surface area contributed by atoms with Crippen molar-refractivity contribution in [3.05, 3.63) is 24.3 Å². The summed E-state index contributed by atoms with van der Waals surface area (Å²) in [7, 11) is 1.61. The average molecular weight is 304 g/mol. The van der Waals surface area contributed by atoms with E-state index in [1.807, 2.05) is 31.2 Å². The summed E-state index contributed by atoms with van der Waals surface area (Å²) in [5.74, 6) is 1.99. The van der Waals surface area contributed by atoms with Crippen LogP contribution in [0.2, 0.25) is 0 Å². The van der Waals surface area contributed by atoms with Crippen LogP contribution in [-0.4, -0.2) is 25.1 Å². The molecule has 1 aromatic rings. The molecule has 0 aliphatic heterocycles. The number of rotatable bonds is 5. The fourth-order valence-corrected chi connectivity index (χ4v) is 3.20. The highest BCUT2D eigenvalue weighted by Crippen LogP contribution is 2.30. The van der Waals surface area contributed by atoms with Gasteiger partial charge in [-0.25, -0.2) is 0 Å². The third-order valence-electron chi connectivity index (χ3n) is 4.93. The summed E-state index contributed by atoms with van der Waals surface area (Å²) >= 11 is 0. The van der Waals surface area contributed by atoms with Gasteiger partial charge >= 0.3 is 0 Å². The molecule has 1 aromatic carbocycles. The molecule has 1 amide bonds. The van der Waals surface area contributed by atoms with Crippen LogP contribution in [0.5, 0.6) is 5.75 Å². The number of hydrogen-bond donors (Lipinski definition) is 2. The highest BCUT2D eigenvalue weighted by Gasteiger charge is 2.29. The number of benzene rings is 1. The van der Waals surface area contributed by atoms with E-state index < -0.39 is 0 Å². The van der Waals surface area contributed by atoms with Crippen LogP contribution in [0.15, 0.2) is 24.3 Å². The molecule has 0 radical (unpaired) electrons. The predicted octanol–water partition coefficient (Wildman–Crippen LogP) is 3.44. The van der Waals surface area contributed by atoms with Gasteiger partial charge in [0.1, 0.15) is 5.75 Å². The molecule has 2 rings (SSSR count). The van der Waals surface area contributed by atoms with Gasteiger partial charge in [-0.3, -0.25) is 4.79 Å². The van der Waals surface area contributed by atoms with Crippen LogP contribution < -0.4 is 15.4 Å². The minimum Gasteiger partial charge on any atom is -0.495 e. The van der Waals surface area contributed by atoms with Crippen molar-refractivity contribution in [3.63, 3.8) is 0 Å². The fourth-order valence-electron chi connectivity index (χ4n) is 3.20. The van der Waals surface area contributed by atoms with Crippen LogP contribution in [0, 0.1) is 11.8 Å². The van der Waals surface area contributed by atoms with Gasteiger partial charge in [0.2, 0.25) is 5.91 Å². The van der Waals surface area contributed by atoms with Crippen molar-refractivity contribution in [1.29, 1.82) is 0 Å². The second-order valence-corrected chi connectivity index (χ2v) is 6.45. The first-order chi connectivity index (χ1) is 10.5. The lowest BCUT2D eigenvalue weighted by molar-refractivity contribution is -0.118. The first-order valence-corrected chi connectivity index (χ1v) is 8.23. The molecule has 22 heavy (non-hydrogen) atoms. The Bertz CT molecular complexity index is 504. The van der Waals surface area contributed by atoms with Crippen LogP contribution in [0.3, 0.4) is 0 Å². The van der Waals surface area contributed by atoms with E-state index in [0.29, 0.717) is 23.4 Å². The van der Waals surface area contributed by atoms with E-state index in [1.54, 1.807) is 7.11 Å². The Morgan fingerprint density at radius 1 is 1.27 bits per heavy atom. The Morgan fingerprint density at radius 2 is 2.00 bits per heavy atom. The fraction of sp³-hybridized carbons (Fsp3) is 0.611. The molecule has 0 unspecified atom stereocenters. The van der Waals surface area contributed by atoms with Gasteiger partial charge in [0.05, 0.1) is 18.8 Å². The first-order valence-electron chi connectivity index (χ1n) is 8.23. The van der Waals surface area contributed by atoms with Crippen LogP contribution in [0.4, 0.5) is 5.69 Å². The zero-order valence-electron chi connectivity index (χ0n) is 14.1. The lowest BCUT2D eigenvalue weighted by Crippen LogP contribution is -2.49. The molecule has 1 aliphatic carbocycles. The third kappa shape index (κ3) is 4.01. The Morgan fingerprint density at radius 3 is 2.73 bits per heavy atom. The summed E-state index contributed by atoms with van der Waals surface area (Å²) in [6.07, 6.45) is 3.68. The van der Waals surface area contributed by atoms with Gasteiger partial charge in [0, 0.05) is 6.04 Å². The number of hydrogen-bond acceptors (Lipinski definition) is 3. The molecule has 0 heterocycles. The Kier molecular flexibility index (Phi) is 5.83. The second-order valence-electron chi connectivity index (χ2n) is 6.45. The van der Waals surface area contributed by atoms with Gasteiger partial charge in [0.25, 0.3) is 0 Å². The standard InChI is InChI=1S/C18H28N2O2/c1-12-8-7-10-15(13(12)2)19-14(3)18(21)20-16-9-5-6-11-17(16)22-4/h5-6,9,11-15,19H,7-8,10H2,1-4H3,(H,20,21)/t12-,13-,14+,15-/m1/s1. The highest BCUT2D eigenvalue weighted by molar-refractivity contribution is 5.95. The molecule has 0 saturated heterocycles. The summed E-state index contributed by atoms with van der Waals surface area (Å²) < 4.78 is 5.27. The zero-order chi connectivity index (χ0) is 16.1. The van der Waals surface area contributed by atoms with Crippen molar-refractivity contribution < 1.29 is 9.53 Å². The first kappa shape index (κ1) is 16.8. The molecule has 4 nitrogen and oxygen atoms in total. The number of ether oxygens (including phenoxy) is 1. The topological polar surface area (TPSA) is 50.4 Å². The molecule has 0 spiro atoms. The van der Waals surface area contributed by atoms with Gasteiger partial charge in [0.15, 0.2) is 0 Å². The maximum Gasteiger partial charge on any atom is 0.241 e. The monoisotopic (exact) mass is 304 g/mol. The van der Waals surface area contributed by atoms with Crippen molar-refractivity contribution >= 4 is 11.6 Å². The highest BCUT2D eigenvalue weighted by atomic mass is 16.5. The van der Waals surface area contributed by atoms with Crippen molar-refractivity contribution in [1.82, 2.24) is 5.32 Å². The minimum absolute atomic E-state index is 0.0186. The maximum absolute atomic E-state index is 12.4. The zero-order valence-corrected chi connectivity index (χ0v) is 14.1. The molecule has 1 aliphatic rings. The lowest BCUT2D eigenvalue weighted by Gasteiger charge is -2.36. The van der Waals surface area contributed by atoms with Gasteiger partial charge in [-0.1, -0.05) is 38.8 Å². The smallest absolute Gasteiger partial charge is 0.241 e. The van der Waals surface area contributed by atoms with E-state index in [1.165, 1.54) is 12.8 Å². The van der Waals surface area contributed by atoms with Gasteiger partial charge in [-0.15, -0.1) is 0 Å². The van der Waals surface area contributed by atoms with Crippen molar-refractivity contribution in [2.24, 2.45) is 11.8 Å². The second kappa shape index (κ2) is 7.63. The van der Waals surface area contributed by atoms with Crippen LogP contribution in [0.1, 0.15) is 40.0 Å². The summed E-state index contributed by atoms with van der Waals surface area (Å²) in [6, 6.07) is 7.68. The molecule has 1 fully saturated rings. The molecule has 122 valence electrons. The normalized spacial score (nSPS) is 26.3. The van der Waals surface area contributed by atoms with Crippen LogP contribution in [-0.2, 0) is 4.79 Å². The summed E-state index contributed by atoms with van der Waals surface area (Å²) in [5, 5.41) is 6.45. The van der Waals surface area contributed by atoms with E-state index in [-0.39, 0.29) is 11.9 Å².